The number of hydrogen-bond acceptors (Lipinski definition) is 3. The summed E-state index contributed by atoms with van der Waals surface area (Å²) in [5.74, 6) is 1.82. The molecule has 0 aliphatic heterocycles. The molecule has 0 bridgehead atoms. The quantitative estimate of drug-likeness (QED) is 0.739. The summed E-state index contributed by atoms with van der Waals surface area (Å²) in [6.45, 7) is 15.1. The lowest BCUT2D eigenvalue weighted by Crippen LogP contribution is -2.27. The summed E-state index contributed by atoms with van der Waals surface area (Å²) >= 11 is 0. The van der Waals surface area contributed by atoms with Crippen molar-refractivity contribution >= 4 is 0 Å². The third-order valence-corrected chi connectivity index (χ3v) is 3.52. The maximum absolute atomic E-state index is 5.66. The molecule has 3 heteroatoms. The highest BCUT2D eigenvalue weighted by Gasteiger charge is 2.10. The zero-order valence-corrected chi connectivity index (χ0v) is 13.2. The predicted octanol–water partition coefficient (Wildman–Crippen LogP) is 3.65. The third-order valence-electron chi connectivity index (χ3n) is 3.52. The molecule has 0 fully saturated rings. The second kappa shape index (κ2) is 8.39. The van der Waals surface area contributed by atoms with Crippen molar-refractivity contribution in [2.45, 2.75) is 60.2 Å². The lowest BCUT2D eigenvalue weighted by Gasteiger charge is -2.22. The molecule has 0 aliphatic carbocycles. The minimum absolute atomic E-state index is 0.510. The molecule has 1 aromatic heterocycles. The summed E-state index contributed by atoms with van der Waals surface area (Å²) in [6, 6.07) is 2.69. The average Bonchev–Trinajstić information content (AvgIpc) is 2.83. The van der Waals surface area contributed by atoms with Crippen LogP contribution in [0.15, 0.2) is 16.7 Å². The molecular formula is C16H30N2O. The van der Waals surface area contributed by atoms with E-state index in [0.29, 0.717) is 6.04 Å². The van der Waals surface area contributed by atoms with E-state index < -0.39 is 0 Å². The van der Waals surface area contributed by atoms with Gasteiger partial charge in [0.25, 0.3) is 0 Å². The zero-order valence-electron chi connectivity index (χ0n) is 13.2. The van der Waals surface area contributed by atoms with Gasteiger partial charge in [0.2, 0.25) is 0 Å². The van der Waals surface area contributed by atoms with Gasteiger partial charge < -0.3 is 9.73 Å². The average molecular weight is 266 g/mol. The maximum atomic E-state index is 5.66. The van der Waals surface area contributed by atoms with Crippen LogP contribution in [0.5, 0.6) is 0 Å². The minimum atomic E-state index is 0.510. The molecule has 19 heavy (non-hydrogen) atoms. The third kappa shape index (κ3) is 6.26. The van der Waals surface area contributed by atoms with Crippen LogP contribution in [0.2, 0.25) is 0 Å². The van der Waals surface area contributed by atoms with Crippen molar-refractivity contribution in [1.82, 2.24) is 10.2 Å². The molecule has 0 radical (unpaired) electrons. The van der Waals surface area contributed by atoms with Crippen LogP contribution in [0, 0.1) is 5.92 Å². The Balaban J connectivity index is 2.46. The first-order valence-corrected chi connectivity index (χ1v) is 7.57. The maximum Gasteiger partial charge on any atom is 0.118 e. The summed E-state index contributed by atoms with van der Waals surface area (Å²) in [7, 11) is 0. The molecule has 0 saturated carbocycles. The summed E-state index contributed by atoms with van der Waals surface area (Å²) < 4.78 is 5.66. The Kier molecular flexibility index (Phi) is 7.17. The molecule has 0 saturated heterocycles. The Hall–Kier alpha value is -0.800. The molecule has 1 unspecified atom stereocenters. The van der Waals surface area contributed by atoms with Gasteiger partial charge >= 0.3 is 0 Å². The van der Waals surface area contributed by atoms with Gasteiger partial charge in [-0.3, -0.25) is 4.90 Å². The van der Waals surface area contributed by atoms with Gasteiger partial charge in [-0.15, -0.1) is 0 Å². The fraction of sp³-hybridized carbons (Fsp3) is 0.750. The Morgan fingerprint density at radius 3 is 2.58 bits per heavy atom. The number of rotatable bonds is 9. The Morgan fingerprint density at radius 1 is 1.26 bits per heavy atom. The second-order valence-corrected chi connectivity index (χ2v) is 5.80. The number of hydrogen-bond donors (Lipinski definition) is 1. The molecular weight excluding hydrogens is 236 g/mol. The molecule has 0 spiro atoms. The van der Waals surface area contributed by atoms with E-state index in [1.807, 2.05) is 6.26 Å². The zero-order chi connectivity index (χ0) is 14.3. The van der Waals surface area contributed by atoms with E-state index in [1.165, 1.54) is 12.0 Å². The fourth-order valence-corrected chi connectivity index (χ4v) is 2.02. The van der Waals surface area contributed by atoms with Crippen LogP contribution in [-0.4, -0.2) is 24.0 Å². The van der Waals surface area contributed by atoms with Gasteiger partial charge in [-0.25, -0.2) is 0 Å². The van der Waals surface area contributed by atoms with Crippen LogP contribution in [0.4, 0.5) is 0 Å². The standard InChI is InChI=1S/C16H30N2O/c1-6-14(5)10-18(7-2)11-16-8-15(12-19-16)9-17-13(3)4/h8,12-14,17H,6-7,9-11H2,1-5H3. The first-order valence-electron chi connectivity index (χ1n) is 7.57. The molecule has 0 amide bonds. The highest BCUT2D eigenvalue weighted by molar-refractivity contribution is 5.12. The molecule has 0 aliphatic rings. The van der Waals surface area contributed by atoms with Crippen molar-refractivity contribution in [1.29, 1.82) is 0 Å². The van der Waals surface area contributed by atoms with E-state index in [2.05, 4.69) is 50.9 Å². The fourth-order valence-electron chi connectivity index (χ4n) is 2.02. The normalized spacial score (nSPS) is 13.4. The van der Waals surface area contributed by atoms with Gasteiger partial charge in [0.1, 0.15) is 5.76 Å². The van der Waals surface area contributed by atoms with Gasteiger partial charge in [0, 0.05) is 24.7 Å². The second-order valence-electron chi connectivity index (χ2n) is 5.80. The Labute approximate surface area is 118 Å². The first-order chi connectivity index (χ1) is 9.05. The van der Waals surface area contributed by atoms with E-state index in [9.17, 15) is 0 Å². The summed E-state index contributed by atoms with van der Waals surface area (Å²) in [5, 5.41) is 3.41. The number of nitrogens with zero attached hydrogens (tertiary/aromatic N) is 1. The molecule has 1 N–H and O–H groups in total. The van der Waals surface area contributed by atoms with Crippen molar-refractivity contribution in [3.63, 3.8) is 0 Å². The van der Waals surface area contributed by atoms with Crippen molar-refractivity contribution in [3.8, 4) is 0 Å². The molecule has 1 aromatic rings. The van der Waals surface area contributed by atoms with E-state index >= 15 is 0 Å². The molecule has 1 rings (SSSR count). The molecule has 3 nitrogen and oxygen atoms in total. The molecule has 0 aromatic carbocycles. The summed E-state index contributed by atoms with van der Waals surface area (Å²) in [5.41, 5.74) is 1.24. The largest absolute Gasteiger partial charge is 0.468 e. The smallest absolute Gasteiger partial charge is 0.118 e. The molecule has 1 atom stereocenters. The number of furan rings is 1. The highest BCUT2D eigenvalue weighted by Crippen LogP contribution is 2.13. The van der Waals surface area contributed by atoms with Crippen LogP contribution in [0.1, 0.15) is 52.4 Å². The van der Waals surface area contributed by atoms with Crippen LogP contribution < -0.4 is 5.32 Å². The van der Waals surface area contributed by atoms with E-state index in [1.54, 1.807) is 0 Å². The topological polar surface area (TPSA) is 28.4 Å². The SMILES string of the molecule is CCC(C)CN(CC)Cc1cc(CNC(C)C)co1. The van der Waals surface area contributed by atoms with Crippen LogP contribution in [0.3, 0.4) is 0 Å². The highest BCUT2D eigenvalue weighted by atomic mass is 16.3. The van der Waals surface area contributed by atoms with Crippen LogP contribution in [0.25, 0.3) is 0 Å². The van der Waals surface area contributed by atoms with E-state index in [-0.39, 0.29) is 0 Å². The van der Waals surface area contributed by atoms with Gasteiger partial charge in [0.15, 0.2) is 0 Å². The van der Waals surface area contributed by atoms with E-state index in [0.717, 1.165) is 37.9 Å². The minimum Gasteiger partial charge on any atom is -0.468 e. The van der Waals surface area contributed by atoms with Crippen LogP contribution >= 0.6 is 0 Å². The predicted molar refractivity (Wildman–Crippen MR) is 81.1 cm³/mol. The van der Waals surface area contributed by atoms with Crippen molar-refractivity contribution < 1.29 is 4.42 Å². The van der Waals surface area contributed by atoms with Gasteiger partial charge in [-0.2, -0.15) is 0 Å². The summed E-state index contributed by atoms with van der Waals surface area (Å²) in [6.07, 6.45) is 3.11. The first kappa shape index (κ1) is 16.3. The van der Waals surface area contributed by atoms with Crippen molar-refractivity contribution in [2.75, 3.05) is 13.1 Å². The Morgan fingerprint density at radius 2 is 2.00 bits per heavy atom. The van der Waals surface area contributed by atoms with Gasteiger partial charge in [-0.1, -0.05) is 41.0 Å². The Bertz CT molecular complexity index is 346. The van der Waals surface area contributed by atoms with Gasteiger partial charge in [0.05, 0.1) is 12.8 Å². The van der Waals surface area contributed by atoms with Crippen molar-refractivity contribution in [2.24, 2.45) is 5.92 Å². The monoisotopic (exact) mass is 266 g/mol. The van der Waals surface area contributed by atoms with Crippen LogP contribution in [-0.2, 0) is 13.1 Å². The number of nitrogens with one attached hydrogen (secondary N) is 1. The van der Waals surface area contributed by atoms with Crippen molar-refractivity contribution in [3.05, 3.63) is 23.7 Å². The van der Waals surface area contributed by atoms with Gasteiger partial charge in [-0.05, 0) is 18.5 Å². The molecule has 110 valence electrons. The lowest BCUT2D eigenvalue weighted by atomic mass is 10.1. The lowest BCUT2D eigenvalue weighted by molar-refractivity contribution is 0.221. The van der Waals surface area contributed by atoms with E-state index in [4.69, 9.17) is 4.42 Å². The summed E-state index contributed by atoms with van der Waals surface area (Å²) in [4.78, 5) is 2.45. The molecule has 1 heterocycles.